The Kier molecular flexibility index (Phi) is 16.1. The van der Waals surface area contributed by atoms with Crippen LogP contribution in [0.15, 0.2) is 0 Å². The summed E-state index contributed by atoms with van der Waals surface area (Å²) in [6.07, 6.45) is -3.89. The maximum absolute atomic E-state index is 14.3. The van der Waals surface area contributed by atoms with Gasteiger partial charge < -0.3 is 58.9 Å². The van der Waals surface area contributed by atoms with Crippen molar-refractivity contribution in [1.29, 1.82) is 0 Å². The van der Waals surface area contributed by atoms with Crippen LogP contribution in [0.3, 0.4) is 0 Å². The highest BCUT2D eigenvalue weighted by Gasteiger charge is 2.53. The van der Waals surface area contributed by atoms with Crippen molar-refractivity contribution >= 4 is 11.8 Å². The first-order valence-electron chi connectivity index (χ1n) is 19.4. The number of ketones is 1. The van der Waals surface area contributed by atoms with Crippen LogP contribution in [-0.2, 0) is 38.0 Å². The SMILES string of the molecule is C#CCCC[C@H]1OC(=O)[C@H](C)C(O[C@H]2C[C@@](C)(OC)[C@@H](O)[C@H](C)O2)[C@H](C)[C@@H](O[C@@H]2O[C@H](C)C[C@H](N(C)C)[C@H]2O)[C@](C)(O)C[C@@H](C)C(=O)[C@H](C)[C@@H](O)[C@]1(C)O. The summed E-state index contributed by atoms with van der Waals surface area (Å²) in [5.41, 5.74) is -4.95. The molecular formula is C40H69NO13. The summed E-state index contributed by atoms with van der Waals surface area (Å²) >= 11 is 0. The van der Waals surface area contributed by atoms with Crippen LogP contribution in [0.2, 0.25) is 0 Å². The molecule has 0 aliphatic carbocycles. The average Bonchev–Trinajstić information content (AvgIpc) is 3.09. The van der Waals surface area contributed by atoms with Gasteiger partial charge in [0.2, 0.25) is 0 Å². The van der Waals surface area contributed by atoms with E-state index in [-0.39, 0.29) is 31.4 Å². The van der Waals surface area contributed by atoms with Crippen LogP contribution in [0.25, 0.3) is 0 Å². The summed E-state index contributed by atoms with van der Waals surface area (Å²) in [6.45, 7) is 14.6. The zero-order chi connectivity index (χ0) is 41.1. The number of methoxy groups -OCH3 is 1. The molecule has 0 bridgehead atoms. The van der Waals surface area contributed by atoms with Gasteiger partial charge in [0.25, 0.3) is 0 Å². The Balaban J connectivity index is 2.20. The number of hydrogen-bond donors (Lipinski definition) is 5. The van der Waals surface area contributed by atoms with Crippen LogP contribution in [0.5, 0.6) is 0 Å². The molecule has 0 aromatic rings. The molecule has 0 spiro atoms. The molecule has 3 heterocycles. The molecule has 0 saturated carbocycles. The number of carbonyl (C=O) groups excluding carboxylic acids is 2. The minimum atomic E-state index is -2.06. The van der Waals surface area contributed by atoms with Crippen LogP contribution < -0.4 is 0 Å². The van der Waals surface area contributed by atoms with E-state index in [9.17, 15) is 35.1 Å². The number of Topliss-reactive ketones (excluding diaryl/α,β-unsaturated/α-hetero) is 1. The summed E-state index contributed by atoms with van der Waals surface area (Å²) in [5, 5.41) is 58.2. The number of aliphatic hydroxyl groups excluding tert-OH is 3. The predicted molar refractivity (Wildman–Crippen MR) is 199 cm³/mol. The van der Waals surface area contributed by atoms with Crippen molar-refractivity contribution in [1.82, 2.24) is 4.90 Å². The zero-order valence-electron chi connectivity index (χ0n) is 34.4. The molecule has 0 amide bonds. The fraction of sp³-hybridized carbons (Fsp3) is 0.900. The molecule has 3 fully saturated rings. The van der Waals surface area contributed by atoms with Gasteiger partial charge in [-0.3, -0.25) is 9.59 Å². The third-order valence-corrected chi connectivity index (χ3v) is 12.2. The third-order valence-electron chi connectivity index (χ3n) is 12.2. The number of carbonyl (C=O) groups is 2. The summed E-state index contributed by atoms with van der Waals surface area (Å²) in [4.78, 5) is 30.1. The molecule has 3 rings (SSSR count). The first kappa shape index (κ1) is 46.6. The highest BCUT2D eigenvalue weighted by atomic mass is 16.7. The van der Waals surface area contributed by atoms with Crippen molar-refractivity contribution < 1.29 is 63.5 Å². The van der Waals surface area contributed by atoms with Crippen LogP contribution in [0.1, 0.15) is 101 Å². The molecule has 0 radical (unpaired) electrons. The predicted octanol–water partition coefficient (Wildman–Crippen LogP) is 2.18. The van der Waals surface area contributed by atoms with Gasteiger partial charge >= 0.3 is 5.97 Å². The van der Waals surface area contributed by atoms with Gasteiger partial charge in [0, 0.05) is 43.7 Å². The van der Waals surface area contributed by atoms with Crippen molar-refractivity contribution in [2.24, 2.45) is 23.7 Å². The molecular weight excluding hydrogens is 702 g/mol. The van der Waals surface area contributed by atoms with Crippen LogP contribution in [-0.4, -0.2) is 148 Å². The lowest BCUT2D eigenvalue weighted by atomic mass is 9.74. The van der Waals surface area contributed by atoms with Gasteiger partial charge in [-0.25, -0.2) is 0 Å². The molecule has 18 atom stereocenters. The lowest BCUT2D eigenvalue weighted by Gasteiger charge is -2.49. The molecule has 3 saturated heterocycles. The van der Waals surface area contributed by atoms with Gasteiger partial charge in [0.1, 0.15) is 29.7 Å². The Morgan fingerprint density at radius 2 is 1.56 bits per heavy atom. The number of terminal acetylenes is 1. The van der Waals surface area contributed by atoms with Gasteiger partial charge in [0.05, 0.1) is 47.6 Å². The highest BCUT2D eigenvalue weighted by molar-refractivity contribution is 5.83. The fourth-order valence-corrected chi connectivity index (χ4v) is 8.65. The average molecular weight is 772 g/mol. The summed E-state index contributed by atoms with van der Waals surface area (Å²) in [7, 11) is 5.16. The second-order valence-corrected chi connectivity index (χ2v) is 17.2. The van der Waals surface area contributed by atoms with Gasteiger partial charge in [-0.1, -0.05) is 20.8 Å². The first-order valence-corrected chi connectivity index (χ1v) is 19.4. The third kappa shape index (κ3) is 10.4. The molecule has 0 aromatic heterocycles. The molecule has 5 N–H and O–H groups in total. The minimum Gasteiger partial charge on any atom is -0.459 e. The number of nitrogens with zero attached hydrogens (tertiary/aromatic N) is 1. The lowest BCUT2D eigenvalue weighted by molar-refractivity contribution is -0.318. The van der Waals surface area contributed by atoms with Crippen molar-refractivity contribution in [3.8, 4) is 12.3 Å². The molecule has 14 heteroatoms. The topological polar surface area (TPSA) is 194 Å². The molecule has 1 unspecified atom stereocenters. The van der Waals surface area contributed by atoms with Gasteiger partial charge in [0.15, 0.2) is 12.6 Å². The molecule has 54 heavy (non-hydrogen) atoms. The number of cyclic esters (lactones) is 1. The van der Waals surface area contributed by atoms with Crippen molar-refractivity contribution in [3.05, 3.63) is 0 Å². The van der Waals surface area contributed by atoms with E-state index in [0.29, 0.717) is 19.3 Å². The van der Waals surface area contributed by atoms with E-state index in [1.807, 2.05) is 25.9 Å². The standard InChI is InChI=1S/C40H69NO13/c1-14-15-16-17-28-40(10,48)33(44)23(4)30(42)21(2)19-38(8,47)35(54-37-31(43)27(41(11)12)18-22(3)50-37)24(5)32(25(6)36(46)52-28)53-29-20-39(9,49-13)34(45)26(7)51-29/h1,21-29,31-35,37,43-45,47-48H,15-20H2,2-13H3/t21-,22-,23+,24+,25-,26+,27+,28-,29+,31-,32?,33-,34+,35-,37+,38-,39-,40-/m1/s1. The first-order chi connectivity index (χ1) is 24.9. The van der Waals surface area contributed by atoms with Crippen LogP contribution in [0, 0.1) is 36.0 Å². The van der Waals surface area contributed by atoms with E-state index < -0.39 is 108 Å². The highest BCUT2D eigenvalue weighted by Crippen LogP contribution is 2.41. The number of esters is 1. The summed E-state index contributed by atoms with van der Waals surface area (Å²) < 4.78 is 37.3. The Labute approximate surface area is 322 Å². The van der Waals surface area contributed by atoms with E-state index >= 15 is 0 Å². The van der Waals surface area contributed by atoms with E-state index in [1.54, 1.807) is 34.6 Å². The van der Waals surface area contributed by atoms with E-state index in [1.165, 1.54) is 27.9 Å². The number of ether oxygens (including phenoxy) is 6. The quantitative estimate of drug-likeness (QED) is 0.130. The van der Waals surface area contributed by atoms with Crippen molar-refractivity contribution in [3.63, 3.8) is 0 Å². The van der Waals surface area contributed by atoms with Crippen LogP contribution in [0.4, 0.5) is 0 Å². The van der Waals surface area contributed by atoms with Crippen molar-refractivity contribution in [2.75, 3.05) is 21.2 Å². The summed E-state index contributed by atoms with van der Waals surface area (Å²) in [5.74, 6) is -2.62. The maximum atomic E-state index is 14.3. The van der Waals surface area contributed by atoms with Gasteiger partial charge in [-0.15, -0.1) is 12.3 Å². The second-order valence-electron chi connectivity index (χ2n) is 17.2. The minimum absolute atomic E-state index is 0.0768. The number of unbranched alkanes of at least 4 members (excludes halogenated alkanes) is 1. The molecule has 3 aliphatic heterocycles. The van der Waals surface area contributed by atoms with E-state index in [4.69, 9.17) is 34.8 Å². The smallest absolute Gasteiger partial charge is 0.311 e. The van der Waals surface area contributed by atoms with E-state index in [0.717, 1.165) is 0 Å². The zero-order valence-corrected chi connectivity index (χ0v) is 34.4. The largest absolute Gasteiger partial charge is 0.459 e. The Hall–Kier alpha value is -1.74. The van der Waals surface area contributed by atoms with Gasteiger partial charge in [-0.05, 0) is 81.3 Å². The Morgan fingerprint density at radius 3 is 2.13 bits per heavy atom. The molecule has 3 aliphatic rings. The Bertz CT molecular complexity index is 1290. The fourth-order valence-electron chi connectivity index (χ4n) is 8.65. The van der Waals surface area contributed by atoms with Gasteiger partial charge in [-0.2, -0.15) is 0 Å². The van der Waals surface area contributed by atoms with E-state index in [2.05, 4.69) is 5.92 Å². The molecule has 0 aromatic carbocycles. The van der Waals surface area contributed by atoms with Crippen LogP contribution >= 0.6 is 0 Å². The second kappa shape index (κ2) is 18.7. The molecule has 14 nitrogen and oxygen atoms in total. The number of aliphatic hydroxyl groups is 5. The normalized spacial score (nSPS) is 47.5. The lowest BCUT2D eigenvalue weighted by Crippen LogP contribution is -2.61. The summed E-state index contributed by atoms with van der Waals surface area (Å²) in [6, 6.07) is -0.337. The number of likely N-dealkylation sites (N-methyl/N-ethyl adjacent to an activating group) is 1. The molecule has 312 valence electrons. The van der Waals surface area contributed by atoms with Crippen molar-refractivity contribution in [2.45, 2.75) is 185 Å². The Morgan fingerprint density at radius 1 is 0.926 bits per heavy atom. The monoisotopic (exact) mass is 771 g/mol. The number of rotatable bonds is 9. The maximum Gasteiger partial charge on any atom is 0.311 e. The number of hydrogen-bond acceptors (Lipinski definition) is 14.